The van der Waals surface area contributed by atoms with Gasteiger partial charge in [-0.25, -0.2) is 4.39 Å². The Morgan fingerprint density at radius 2 is 2.25 bits per heavy atom. The molecule has 0 radical (unpaired) electrons. The normalized spacial score (nSPS) is 10.4. The van der Waals surface area contributed by atoms with E-state index in [1.165, 1.54) is 12.1 Å². The summed E-state index contributed by atoms with van der Waals surface area (Å²) in [6.07, 6.45) is 1.05. The Hall–Kier alpha value is -1.13. The molecule has 1 aromatic carbocycles. The highest BCUT2D eigenvalue weighted by molar-refractivity contribution is 6.30. The number of amides is 1. The van der Waals surface area contributed by atoms with E-state index >= 15 is 0 Å². The van der Waals surface area contributed by atoms with Crippen LogP contribution in [0.5, 0.6) is 0 Å². The van der Waals surface area contributed by atoms with E-state index in [2.05, 4.69) is 5.32 Å². The molecule has 3 nitrogen and oxygen atoms in total. The Morgan fingerprint density at radius 3 is 2.88 bits per heavy atom. The quantitative estimate of drug-likeness (QED) is 0.751. The zero-order chi connectivity index (χ0) is 12.0. The summed E-state index contributed by atoms with van der Waals surface area (Å²) in [4.78, 5) is 10.4. The lowest BCUT2D eigenvalue weighted by Gasteiger charge is -2.04. The average molecular weight is 245 g/mol. The topological polar surface area (TPSA) is 55.1 Å². The third-order valence-electron chi connectivity index (χ3n) is 2.09. The molecule has 1 rings (SSSR count). The van der Waals surface area contributed by atoms with E-state index in [-0.39, 0.29) is 10.9 Å². The van der Waals surface area contributed by atoms with Crippen LogP contribution in [-0.4, -0.2) is 12.5 Å². The predicted octanol–water partition coefficient (Wildman–Crippen LogP) is 1.83. The van der Waals surface area contributed by atoms with Gasteiger partial charge >= 0.3 is 0 Å². The van der Waals surface area contributed by atoms with E-state index in [0.29, 0.717) is 25.9 Å². The number of nitrogens with one attached hydrogen (secondary N) is 1. The number of benzene rings is 1. The van der Waals surface area contributed by atoms with E-state index in [9.17, 15) is 9.18 Å². The maximum atomic E-state index is 13.0. The van der Waals surface area contributed by atoms with Gasteiger partial charge in [0, 0.05) is 13.0 Å². The lowest BCUT2D eigenvalue weighted by atomic mass is 10.2. The van der Waals surface area contributed by atoms with Crippen molar-refractivity contribution in [2.75, 3.05) is 6.54 Å². The number of primary amides is 1. The molecular formula is C11H14ClFN2O. The van der Waals surface area contributed by atoms with Gasteiger partial charge in [-0.2, -0.15) is 0 Å². The number of nitrogens with two attached hydrogens (primary N) is 1. The van der Waals surface area contributed by atoms with Crippen molar-refractivity contribution in [1.82, 2.24) is 5.32 Å². The monoisotopic (exact) mass is 244 g/mol. The molecule has 5 heteroatoms. The number of hydrogen-bond donors (Lipinski definition) is 2. The van der Waals surface area contributed by atoms with Crippen LogP contribution in [0.4, 0.5) is 4.39 Å². The van der Waals surface area contributed by atoms with Gasteiger partial charge in [0.05, 0.1) is 5.02 Å². The van der Waals surface area contributed by atoms with Gasteiger partial charge in [0.1, 0.15) is 5.82 Å². The predicted molar refractivity (Wildman–Crippen MR) is 61.5 cm³/mol. The number of carbonyl (C=O) groups is 1. The van der Waals surface area contributed by atoms with Gasteiger partial charge in [0.15, 0.2) is 0 Å². The van der Waals surface area contributed by atoms with E-state index in [1.807, 2.05) is 0 Å². The smallest absolute Gasteiger partial charge is 0.217 e. The molecule has 0 aromatic heterocycles. The first-order valence-corrected chi connectivity index (χ1v) is 5.40. The Bertz CT molecular complexity index is 371. The molecule has 0 unspecified atom stereocenters. The molecule has 0 atom stereocenters. The summed E-state index contributed by atoms with van der Waals surface area (Å²) in [6, 6.07) is 4.67. The fraction of sp³-hybridized carbons (Fsp3) is 0.364. The van der Waals surface area contributed by atoms with E-state index in [4.69, 9.17) is 17.3 Å². The van der Waals surface area contributed by atoms with Crippen molar-refractivity contribution in [2.45, 2.75) is 19.4 Å². The van der Waals surface area contributed by atoms with Crippen LogP contribution in [0, 0.1) is 5.82 Å². The summed E-state index contributed by atoms with van der Waals surface area (Å²) in [5.41, 5.74) is 5.81. The molecule has 16 heavy (non-hydrogen) atoms. The summed E-state index contributed by atoms with van der Waals surface area (Å²) in [7, 11) is 0. The first-order chi connectivity index (χ1) is 7.59. The van der Waals surface area contributed by atoms with Crippen molar-refractivity contribution in [3.63, 3.8) is 0 Å². The minimum absolute atomic E-state index is 0.123. The molecule has 0 bridgehead atoms. The van der Waals surface area contributed by atoms with Crippen LogP contribution in [0.25, 0.3) is 0 Å². The summed E-state index contributed by atoms with van der Waals surface area (Å²) < 4.78 is 13.0. The van der Waals surface area contributed by atoms with Crippen molar-refractivity contribution in [2.24, 2.45) is 5.73 Å². The van der Waals surface area contributed by atoms with Gasteiger partial charge in [-0.1, -0.05) is 17.7 Å². The highest BCUT2D eigenvalue weighted by atomic mass is 35.5. The Morgan fingerprint density at radius 1 is 1.50 bits per heavy atom. The minimum atomic E-state index is -0.418. The van der Waals surface area contributed by atoms with Crippen LogP contribution in [-0.2, 0) is 11.3 Å². The molecule has 0 saturated heterocycles. The Kier molecular flexibility index (Phi) is 5.22. The van der Waals surface area contributed by atoms with Crippen LogP contribution in [0.2, 0.25) is 5.02 Å². The van der Waals surface area contributed by atoms with Crippen LogP contribution < -0.4 is 11.1 Å². The molecule has 0 saturated carbocycles. The van der Waals surface area contributed by atoms with Crippen molar-refractivity contribution in [3.05, 3.63) is 34.6 Å². The summed E-state index contributed by atoms with van der Waals surface area (Å²) in [6.45, 7) is 1.22. The molecule has 1 amide bonds. The molecule has 3 N–H and O–H groups in total. The van der Waals surface area contributed by atoms with Gasteiger partial charge in [0.25, 0.3) is 0 Å². The number of halogens is 2. The van der Waals surface area contributed by atoms with Crippen molar-refractivity contribution in [3.8, 4) is 0 Å². The molecule has 0 heterocycles. The first kappa shape index (κ1) is 12.9. The lowest BCUT2D eigenvalue weighted by molar-refractivity contribution is -0.118. The highest BCUT2D eigenvalue weighted by Crippen LogP contribution is 2.15. The molecule has 0 spiro atoms. The number of carbonyl (C=O) groups excluding carboxylic acids is 1. The van der Waals surface area contributed by atoms with Crippen molar-refractivity contribution in [1.29, 1.82) is 0 Å². The maximum absolute atomic E-state index is 13.0. The first-order valence-electron chi connectivity index (χ1n) is 5.02. The highest BCUT2D eigenvalue weighted by Gasteiger charge is 2.00. The van der Waals surface area contributed by atoms with Crippen LogP contribution >= 0.6 is 11.6 Å². The second-order valence-electron chi connectivity index (χ2n) is 3.50. The minimum Gasteiger partial charge on any atom is -0.370 e. The molecule has 0 aliphatic heterocycles. The van der Waals surface area contributed by atoms with E-state index in [1.54, 1.807) is 6.07 Å². The lowest BCUT2D eigenvalue weighted by Crippen LogP contribution is -2.18. The van der Waals surface area contributed by atoms with E-state index in [0.717, 1.165) is 5.56 Å². The van der Waals surface area contributed by atoms with Gasteiger partial charge in [-0.3, -0.25) is 4.79 Å². The van der Waals surface area contributed by atoms with E-state index < -0.39 is 5.82 Å². The third-order valence-corrected chi connectivity index (χ3v) is 2.40. The maximum Gasteiger partial charge on any atom is 0.217 e. The Balaban J connectivity index is 2.27. The van der Waals surface area contributed by atoms with Gasteiger partial charge < -0.3 is 11.1 Å². The van der Waals surface area contributed by atoms with Crippen molar-refractivity contribution < 1.29 is 9.18 Å². The van der Waals surface area contributed by atoms with Gasteiger partial charge in [-0.05, 0) is 30.7 Å². The molecule has 0 aliphatic carbocycles. The van der Waals surface area contributed by atoms with Crippen molar-refractivity contribution >= 4 is 17.5 Å². The van der Waals surface area contributed by atoms with Gasteiger partial charge in [-0.15, -0.1) is 0 Å². The standard InChI is InChI=1S/C11H14ClFN2O/c12-9-4-3-8(6-10(9)13)7-15-5-1-2-11(14)16/h3-4,6,15H,1-2,5,7H2,(H2,14,16). The summed E-state index contributed by atoms with van der Waals surface area (Å²) >= 11 is 5.55. The number of hydrogen-bond acceptors (Lipinski definition) is 2. The van der Waals surface area contributed by atoms with Crippen LogP contribution in [0.3, 0.4) is 0 Å². The third kappa shape index (κ3) is 4.59. The molecule has 0 fully saturated rings. The fourth-order valence-electron chi connectivity index (χ4n) is 1.27. The molecule has 88 valence electrons. The molecule has 0 aliphatic rings. The van der Waals surface area contributed by atoms with Gasteiger partial charge in [0.2, 0.25) is 5.91 Å². The largest absolute Gasteiger partial charge is 0.370 e. The fourth-order valence-corrected chi connectivity index (χ4v) is 1.39. The molecular weight excluding hydrogens is 231 g/mol. The summed E-state index contributed by atoms with van der Waals surface area (Å²) in [5, 5.41) is 3.21. The second-order valence-corrected chi connectivity index (χ2v) is 3.90. The zero-order valence-corrected chi connectivity index (χ0v) is 9.56. The van der Waals surface area contributed by atoms with Crippen LogP contribution in [0.1, 0.15) is 18.4 Å². The Labute approximate surface area is 98.8 Å². The number of rotatable bonds is 6. The van der Waals surface area contributed by atoms with Crippen LogP contribution in [0.15, 0.2) is 18.2 Å². The SMILES string of the molecule is NC(=O)CCCNCc1ccc(Cl)c(F)c1. The summed E-state index contributed by atoms with van der Waals surface area (Å²) in [5.74, 6) is -0.725. The average Bonchev–Trinajstić information content (AvgIpc) is 2.22. The zero-order valence-electron chi connectivity index (χ0n) is 8.80. The molecule has 1 aromatic rings. The second kappa shape index (κ2) is 6.45.